The molecule has 1 aromatic heterocycles. The standard InChI is InChI=1S/C13H13NO4/c1-8(2)7-14-10-5-4-9(12(15)17-3)6-11(10)18-13(14)16/h4-6H,1,7H2,2-3H3. The topological polar surface area (TPSA) is 61.4 Å². The van der Waals surface area contributed by atoms with Gasteiger partial charge >= 0.3 is 11.7 Å². The molecule has 0 amide bonds. The number of methoxy groups -OCH3 is 1. The van der Waals surface area contributed by atoms with Crippen LogP contribution in [0.4, 0.5) is 0 Å². The molecule has 0 radical (unpaired) electrons. The average Bonchev–Trinajstić information content (AvgIpc) is 2.63. The minimum absolute atomic E-state index is 0.348. The van der Waals surface area contributed by atoms with E-state index in [9.17, 15) is 9.59 Å². The van der Waals surface area contributed by atoms with E-state index in [-0.39, 0.29) is 0 Å². The van der Waals surface area contributed by atoms with Gasteiger partial charge in [0.25, 0.3) is 0 Å². The van der Waals surface area contributed by atoms with Gasteiger partial charge in [-0.1, -0.05) is 12.2 Å². The number of nitrogens with zero attached hydrogens (tertiary/aromatic N) is 1. The van der Waals surface area contributed by atoms with Crippen molar-refractivity contribution < 1.29 is 13.9 Å². The lowest BCUT2D eigenvalue weighted by Crippen LogP contribution is -2.14. The van der Waals surface area contributed by atoms with Crippen molar-refractivity contribution >= 4 is 17.1 Å². The Morgan fingerprint density at radius 3 is 2.83 bits per heavy atom. The molecule has 94 valence electrons. The van der Waals surface area contributed by atoms with Gasteiger partial charge in [0, 0.05) is 6.54 Å². The van der Waals surface area contributed by atoms with Gasteiger partial charge in [-0.3, -0.25) is 4.57 Å². The highest BCUT2D eigenvalue weighted by Crippen LogP contribution is 2.16. The van der Waals surface area contributed by atoms with Crippen LogP contribution in [0.1, 0.15) is 17.3 Å². The third kappa shape index (κ3) is 2.07. The van der Waals surface area contributed by atoms with E-state index in [1.807, 2.05) is 6.92 Å². The molecular formula is C13H13NO4. The van der Waals surface area contributed by atoms with Crippen molar-refractivity contribution in [1.29, 1.82) is 0 Å². The van der Waals surface area contributed by atoms with Crippen LogP contribution in [0.2, 0.25) is 0 Å². The Balaban J connectivity index is 2.58. The summed E-state index contributed by atoms with van der Waals surface area (Å²) >= 11 is 0. The molecule has 1 heterocycles. The first kappa shape index (κ1) is 12.2. The van der Waals surface area contributed by atoms with E-state index in [2.05, 4.69) is 11.3 Å². The summed E-state index contributed by atoms with van der Waals surface area (Å²) in [6, 6.07) is 4.75. The Morgan fingerprint density at radius 2 is 2.22 bits per heavy atom. The molecular weight excluding hydrogens is 234 g/mol. The minimum atomic E-state index is -0.466. The number of aromatic nitrogens is 1. The molecule has 18 heavy (non-hydrogen) atoms. The van der Waals surface area contributed by atoms with Crippen LogP contribution in [0, 0.1) is 0 Å². The molecule has 0 atom stereocenters. The molecule has 2 aromatic rings. The van der Waals surface area contributed by atoms with E-state index in [0.717, 1.165) is 5.57 Å². The first-order chi connectivity index (χ1) is 8.52. The average molecular weight is 247 g/mol. The van der Waals surface area contributed by atoms with E-state index in [4.69, 9.17) is 4.42 Å². The maximum Gasteiger partial charge on any atom is 0.420 e. The first-order valence-corrected chi connectivity index (χ1v) is 5.39. The molecule has 0 aliphatic rings. The Hall–Kier alpha value is -2.30. The Kier molecular flexibility index (Phi) is 3.06. The predicted octanol–water partition coefficient (Wildman–Crippen LogP) is 1.96. The Morgan fingerprint density at radius 1 is 1.50 bits per heavy atom. The fraction of sp³-hybridized carbons (Fsp3) is 0.231. The Bertz CT molecular complexity index is 678. The monoisotopic (exact) mass is 247 g/mol. The molecule has 0 saturated heterocycles. The number of fused-ring (bicyclic) bond motifs is 1. The number of esters is 1. The molecule has 0 saturated carbocycles. The van der Waals surface area contributed by atoms with Gasteiger partial charge in [0.05, 0.1) is 18.2 Å². The predicted molar refractivity (Wildman–Crippen MR) is 66.6 cm³/mol. The number of hydrogen-bond donors (Lipinski definition) is 0. The molecule has 5 heteroatoms. The first-order valence-electron chi connectivity index (χ1n) is 5.39. The van der Waals surface area contributed by atoms with Gasteiger partial charge in [-0.25, -0.2) is 9.59 Å². The summed E-state index contributed by atoms with van der Waals surface area (Å²) in [5.41, 5.74) is 2.19. The normalized spacial score (nSPS) is 10.6. The van der Waals surface area contributed by atoms with Crippen LogP contribution in [-0.2, 0) is 11.3 Å². The summed E-state index contributed by atoms with van der Waals surface area (Å²) in [6.07, 6.45) is 0. The SMILES string of the molecule is C=C(C)Cn1c(=O)oc2cc(C(=O)OC)ccc21. The van der Waals surface area contributed by atoms with E-state index < -0.39 is 11.7 Å². The fourth-order valence-electron chi connectivity index (χ4n) is 1.73. The molecule has 5 nitrogen and oxygen atoms in total. The van der Waals surface area contributed by atoms with Crippen LogP contribution in [0.3, 0.4) is 0 Å². The smallest absolute Gasteiger partial charge is 0.420 e. The van der Waals surface area contributed by atoms with Crippen LogP contribution in [0.15, 0.2) is 39.6 Å². The van der Waals surface area contributed by atoms with Crippen molar-refractivity contribution in [2.75, 3.05) is 7.11 Å². The van der Waals surface area contributed by atoms with E-state index in [1.165, 1.54) is 17.7 Å². The van der Waals surface area contributed by atoms with Crippen LogP contribution >= 0.6 is 0 Å². The number of allylic oxidation sites excluding steroid dienone is 1. The van der Waals surface area contributed by atoms with E-state index in [1.54, 1.807) is 12.1 Å². The second-order valence-corrected chi connectivity index (χ2v) is 4.09. The van der Waals surface area contributed by atoms with Gasteiger partial charge in [-0.2, -0.15) is 0 Å². The van der Waals surface area contributed by atoms with Crippen LogP contribution in [-0.4, -0.2) is 17.6 Å². The minimum Gasteiger partial charge on any atom is -0.465 e. The zero-order valence-electron chi connectivity index (χ0n) is 10.2. The molecule has 0 fully saturated rings. The quantitative estimate of drug-likeness (QED) is 0.614. The van der Waals surface area contributed by atoms with Crippen LogP contribution in [0.25, 0.3) is 11.1 Å². The summed E-state index contributed by atoms with van der Waals surface area (Å²) < 4.78 is 11.2. The number of benzene rings is 1. The van der Waals surface area contributed by atoms with Crippen LogP contribution < -0.4 is 5.76 Å². The third-order valence-corrected chi connectivity index (χ3v) is 2.52. The van der Waals surface area contributed by atoms with E-state index in [0.29, 0.717) is 23.2 Å². The summed E-state index contributed by atoms with van der Waals surface area (Å²) in [7, 11) is 1.30. The number of carbonyl (C=O) groups excluding carboxylic acids is 1. The van der Waals surface area contributed by atoms with Gasteiger partial charge < -0.3 is 9.15 Å². The van der Waals surface area contributed by atoms with Crippen molar-refractivity contribution in [1.82, 2.24) is 4.57 Å². The number of carbonyl (C=O) groups is 1. The third-order valence-electron chi connectivity index (χ3n) is 2.52. The van der Waals surface area contributed by atoms with Gasteiger partial charge in [-0.05, 0) is 25.1 Å². The lowest BCUT2D eigenvalue weighted by molar-refractivity contribution is 0.0601. The Labute approximate surface area is 103 Å². The second kappa shape index (κ2) is 4.52. The van der Waals surface area contributed by atoms with Gasteiger partial charge in [-0.15, -0.1) is 0 Å². The van der Waals surface area contributed by atoms with E-state index >= 15 is 0 Å². The highest BCUT2D eigenvalue weighted by molar-refractivity contribution is 5.93. The number of oxazole rings is 1. The number of rotatable bonds is 3. The molecule has 1 aromatic carbocycles. The summed E-state index contributed by atoms with van der Waals surface area (Å²) in [5.74, 6) is -0.929. The molecule has 0 bridgehead atoms. The molecule has 0 unspecified atom stereocenters. The van der Waals surface area contributed by atoms with Crippen LogP contribution in [0.5, 0.6) is 0 Å². The molecule has 0 aliphatic heterocycles. The zero-order chi connectivity index (χ0) is 13.3. The maximum atomic E-state index is 11.7. The molecule has 0 spiro atoms. The summed E-state index contributed by atoms with van der Waals surface area (Å²) in [5, 5.41) is 0. The number of hydrogen-bond acceptors (Lipinski definition) is 4. The molecule has 0 aliphatic carbocycles. The van der Waals surface area contributed by atoms with Gasteiger partial charge in [0.15, 0.2) is 5.58 Å². The second-order valence-electron chi connectivity index (χ2n) is 4.09. The van der Waals surface area contributed by atoms with Crippen molar-refractivity contribution in [3.8, 4) is 0 Å². The summed E-state index contributed by atoms with van der Waals surface area (Å²) in [4.78, 5) is 23.0. The largest absolute Gasteiger partial charge is 0.465 e. The van der Waals surface area contributed by atoms with Crippen molar-refractivity contribution in [2.24, 2.45) is 0 Å². The van der Waals surface area contributed by atoms with Gasteiger partial charge in [0.2, 0.25) is 0 Å². The number of ether oxygens (including phenoxy) is 1. The summed E-state index contributed by atoms with van der Waals surface area (Å²) in [6.45, 7) is 5.98. The molecule has 2 rings (SSSR count). The maximum absolute atomic E-state index is 11.7. The van der Waals surface area contributed by atoms with Gasteiger partial charge in [0.1, 0.15) is 0 Å². The highest BCUT2D eigenvalue weighted by Gasteiger charge is 2.12. The zero-order valence-corrected chi connectivity index (χ0v) is 10.2. The highest BCUT2D eigenvalue weighted by atomic mass is 16.5. The van der Waals surface area contributed by atoms with Crippen molar-refractivity contribution in [3.05, 3.63) is 46.5 Å². The van der Waals surface area contributed by atoms with Crippen molar-refractivity contribution in [3.63, 3.8) is 0 Å². The molecule has 0 N–H and O–H groups in total. The lowest BCUT2D eigenvalue weighted by Gasteiger charge is -2.01. The lowest BCUT2D eigenvalue weighted by atomic mass is 10.2. The van der Waals surface area contributed by atoms with Crippen molar-refractivity contribution in [2.45, 2.75) is 13.5 Å². The fourth-order valence-corrected chi connectivity index (χ4v) is 1.73.